The Bertz CT molecular complexity index is 487. The summed E-state index contributed by atoms with van der Waals surface area (Å²) in [5, 5.41) is 11.3. The molecule has 2 saturated carbocycles. The van der Waals surface area contributed by atoms with Gasteiger partial charge in [-0.2, -0.15) is 0 Å². The Balaban J connectivity index is 1.82. The number of rotatable bonds is 4. The number of benzene rings is 1. The lowest BCUT2D eigenvalue weighted by Crippen LogP contribution is -2.45. The van der Waals surface area contributed by atoms with Crippen molar-refractivity contribution in [2.45, 2.75) is 69.5 Å². The second-order valence-corrected chi connectivity index (χ2v) is 6.78. The summed E-state index contributed by atoms with van der Waals surface area (Å²) < 4.78 is 5.73. The Hall–Kier alpha value is -1.35. The highest BCUT2D eigenvalue weighted by molar-refractivity contribution is 5.81. The van der Waals surface area contributed by atoms with E-state index in [1.807, 2.05) is 30.3 Å². The molecule has 22 heavy (non-hydrogen) atoms. The molecular weight excluding hydrogens is 276 g/mol. The molecule has 0 heterocycles. The lowest BCUT2D eigenvalue weighted by molar-refractivity contribution is -0.180. The minimum absolute atomic E-state index is 0.0158. The zero-order valence-electron chi connectivity index (χ0n) is 13.2. The third-order valence-electron chi connectivity index (χ3n) is 5.30. The van der Waals surface area contributed by atoms with Gasteiger partial charge in [-0.3, -0.25) is 0 Å². The van der Waals surface area contributed by atoms with E-state index in [0.717, 1.165) is 51.4 Å². The smallest absolute Gasteiger partial charge is 0.343 e. The number of carbonyl (C=O) groups excluding carboxylic acids is 1. The predicted molar refractivity (Wildman–Crippen MR) is 85.3 cm³/mol. The lowest BCUT2D eigenvalue weighted by Gasteiger charge is -2.34. The number of hydrogen-bond donors (Lipinski definition) is 1. The van der Waals surface area contributed by atoms with Gasteiger partial charge in [0.25, 0.3) is 0 Å². The monoisotopic (exact) mass is 302 g/mol. The van der Waals surface area contributed by atoms with Crippen molar-refractivity contribution in [2.24, 2.45) is 5.92 Å². The molecule has 2 fully saturated rings. The summed E-state index contributed by atoms with van der Waals surface area (Å²) in [6.45, 7) is 0. The summed E-state index contributed by atoms with van der Waals surface area (Å²) in [5.74, 6) is -0.455. The number of esters is 1. The summed E-state index contributed by atoms with van der Waals surface area (Å²) in [4.78, 5) is 12.8. The van der Waals surface area contributed by atoms with Crippen LogP contribution in [0.25, 0.3) is 0 Å². The van der Waals surface area contributed by atoms with Gasteiger partial charge >= 0.3 is 5.97 Å². The highest BCUT2D eigenvalue weighted by atomic mass is 16.6. The highest BCUT2D eigenvalue weighted by Gasteiger charge is 2.48. The van der Waals surface area contributed by atoms with E-state index < -0.39 is 11.6 Å². The van der Waals surface area contributed by atoms with Crippen LogP contribution in [0.5, 0.6) is 0 Å². The van der Waals surface area contributed by atoms with E-state index in [1.165, 1.54) is 6.42 Å². The first-order valence-electron chi connectivity index (χ1n) is 8.70. The van der Waals surface area contributed by atoms with Crippen LogP contribution in [0.15, 0.2) is 30.3 Å². The van der Waals surface area contributed by atoms with Gasteiger partial charge in [0.05, 0.1) is 0 Å². The van der Waals surface area contributed by atoms with E-state index in [9.17, 15) is 9.90 Å². The van der Waals surface area contributed by atoms with Gasteiger partial charge in [0, 0.05) is 5.92 Å². The van der Waals surface area contributed by atoms with Crippen LogP contribution < -0.4 is 0 Å². The van der Waals surface area contributed by atoms with Crippen molar-refractivity contribution >= 4 is 5.97 Å². The Morgan fingerprint density at radius 3 is 2.18 bits per heavy atom. The van der Waals surface area contributed by atoms with Crippen molar-refractivity contribution in [3.8, 4) is 0 Å². The van der Waals surface area contributed by atoms with Crippen molar-refractivity contribution in [2.75, 3.05) is 0 Å². The molecule has 0 bridgehead atoms. The molecule has 3 heteroatoms. The average molecular weight is 302 g/mol. The highest BCUT2D eigenvalue weighted by Crippen LogP contribution is 2.42. The molecule has 2 aliphatic carbocycles. The van der Waals surface area contributed by atoms with E-state index in [-0.39, 0.29) is 12.0 Å². The maximum atomic E-state index is 12.8. The minimum Gasteiger partial charge on any atom is -0.460 e. The maximum absolute atomic E-state index is 12.8. The summed E-state index contributed by atoms with van der Waals surface area (Å²) in [7, 11) is 0. The third kappa shape index (κ3) is 3.05. The molecule has 1 aromatic carbocycles. The number of aliphatic hydroxyl groups is 1. The number of carbonyl (C=O) groups is 1. The van der Waals surface area contributed by atoms with Gasteiger partial charge in [-0.05, 0) is 44.1 Å². The predicted octanol–water partition coefficient (Wildman–Crippen LogP) is 3.94. The van der Waals surface area contributed by atoms with Crippen LogP contribution in [0.2, 0.25) is 0 Å². The van der Waals surface area contributed by atoms with Crippen molar-refractivity contribution in [3.05, 3.63) is 35.9 Å². The van der Waals surface area contributed by atoms with E-state index in [1.54, 1.807) is 0 Å². The van der Waals surface area contributed by atoms with Crippen LogP contribution in [-0.2, 0) is 15.1 Å². The molecule has 1 N–H and O–H groups in total. The number of ether oxygens (including phenoxy) is 1. The van der Waals surface area contributed by atoms with Crippen molar-refractivity contribution in [1.29, 1.82) is 0 Å². The normalized spacial score (nSPS) is 23.1. The van der Waals surface area contributed by atoms with Gasteiger partial charge in [-0.1, -0.05) is 49.6 Å². The van der Waals surface area contributed by atoms with E-state index in [4.69, 9.17) is 4.74 Å². The lowest BCUT2D eigenvalue weighted by atomic mass is 9.80. The van der Waals surface area contributed by atoms with E-state index in [0.29, 0.717) is 5.56 Å². The van der Waals surface area contributed by atoms with E-state index in [2.05, 4.69) is 0 Å². The first-order valence-corrected chi connectivity index (χ1v) is 8.70. The first kappa shape index (κ1) is 15.5. The molecule has 3 rings (SSSR count). The number of hydrogen-bond acceptors (Lipinski definition) is 3. The molecule has 0 spiro atoms. The van der Waals surface area contributed by atoms with Crippen LogP contribution in [0.4, 0.5) is 0 Å². The van der Waals surface area contributed by atoms with Crippen LogP contribution in [-0.4, -0.2) is 17.2 Å². The van der Waals surface area contributed by atoms with Crippen molar-refractivity contribution in [3.63, 3.8) is 0 Å². The topological polar surface area (TPSA) is 46.5 Å². The quantitative estimate of drug-likeness (QED) is 0.857. The summed E-state index contributed by atoms with van der Waals surface area (Å²) >= 11 is 0. The third-order valence-corrected chi connectivity index (χ3v) is 5.30. The van der Waals surface area contributed by atoms with E-state index >= 15 is 0 Å². The molecule has 1 aromatic rings. The average Bonchev–Trinajstić information content (AvgIpc) is 3.11. The fraction of sp³-hybridized carbons (Fsp3) is 0.632. The zero-order valence-corrected chi connectivity index (χ0v) is 13.2. The molecule has 0 amide bonds. The molecule has 2 aliphatic rings. The fourth-order valence-electron chi connectivity index (χ4n) is 3.98. The molecule has 0 saturated heterocycles. The standard InChI is InChI=1S/C19H26O3/c20-18(22-17-13-5-2-6-14-17)19(21,16-11-7-8-12-16)15-9-3-1-4-10-15/h1,3-4,9-10,16-17,21H,2,5-8,11-14H2/t19-/m0/s1. The van der Waals surface area contributed by atoms with Gasteiger partial charge in [-0.15, -0.1) is 0 Å². The van der Waals surface area contributed by atoms with Gasteiger partial charge in [0.1, 0.15) is 6.10 Å². The SMILES string of the molecule is O=C(OC1CCCCC1)[C@](O)(c1ccccc1)C1CCCC1. The van der Waals surface area contributed by atoms with Crippen LogP contribution in [0.1, 0.15) is 63.4 Å². The van der Waals surface area contributed by atoms with Crippen LogP contribution in [0, 0.1) is 5.92 Å². The Morgan fingerprint density at radius 2 is 1.55 bits per heavy atom. The van der Waals surface area contributed by atoms with Gasteiger partial charge in [-0.25, -0.2) is 4.79 Å². The van der Waals surface area contributed by atoms with Crippen molar-refractivity contribution < 1.29 is 14.6 Å². The molecular formula is C19H26O3. The first-order chi connectivity index (χ1) is 10.7. The molecule has 3 nitrogen and oxygen atoms in total. The van der Waals surface area contributed by atoms with Gasteiger partial charge in [0.15, 0.2) is 5.60 Å². The molecule has 0 aliphatic heterocycles. The summed E-state index contributed by atoms with van der Waals surface area (Å²) in [6.07, 6.45) is 9.25. The summed E-state index contributed by atoms with van der Waals surface area (Å²) in [5.41, 5.74) is -0.794. The second kappa shape index (κ2) is 6.82. The molecule has 120 valence electrons. The molecule has 1 atom stereocenters. The Morgan fingerprint density at radius 1 is 0.955 bits per heavy atom. The molecule has 0 aromatic heterocycles. The molecule has 0 radical (unpaired) electrons. The van der Waals surface area contributed by atoms with Crippen molar-refractivity contribution in [1.82, 2.24) is 0 Å². The minimum atomic E-state index is -1.48. The largest absolute Gasteiger partial charge is 0.460 e. The zero-order chi connectivity index (χ0) is 15.4. The van der Waals surface area contributed by atoms with Crippen LogP contribution in [0.3, 0.4) is 0 Å². The van der Waals surface area contributed by atoms with Gasteiger partial charge in [0.2, 0.25) is 0 Å². The Kier molecular flexibility index (Phi) is 4.82. The van der Waals surface area contributed by atoms with Crippen LogP contribution >= 0.6 is 0 Å². The molecule has 0 unspecified atom stereocenters. The fourth-order valence-corrected chi connectivity index (χ4v) is 3.98. The Labute approximate surface area is 132 Å². The second-order valence-electron chi connectivity index (χ2n) is 6.78. The summed E-state index contributed by atoms with van der Waals surface area (Å²) in [6, 6.07) is 9.36. The van der Waals surface area contributed by atoms with Gasteiger partial charge < -0.3 is 9.84 Å². The maximum Gasteiger partial charge on any atom is 0.343 e.